The van der Waals surface area contributed by atoms with Crippen LogP contribution in [0.4, 0.5) is 5.82 Å². The maximum Gasteiger partial charge on any atom is 0.193 e. The lowest BCUT2D eigenvalue weighted by molar-refractivity contribution is 0.266. The molecule has 5 nitrogen and oxygen atoms in total. The maximum atomic E-state index is 4.70. The van der Waals surface area contributed by atoms with Crippen molar-refractivity contribution in [3.05, 3.63) is 23.9 Å². The van der Waals surface area contributed by atoms with Crippen LogP contribution in [0.2, 0.25) is 0 Å². The van der Waals surface area contributed by atoms with Crippen molar-refractivity contribution in [1.29, 1.82) is 0 Å². The molecule has 1 atom stereocenters. The van der Waals surface area contributed by atoms with E-state index in [0.717, 1.165) is 50.4 Å². The Morgan fingerprint density at radius 3 is 2.54 bits per heavy atom. The highest BCUT2D eigenvalue weighted by molar-refractivity contribution is 14.0. The summed E-state index contributed by atoms with van der Waals surface area (Å²) in [6, 6.07) is 4.38. The molecule has 1 aromatic rings. The Bertz CT molecular complexity index is 552. The standard InChI is InChI=1S/C20H33N5.HI/c1-17-8-7-13-25(16-17)20(21-2)23-15-18-9-10-19(22-14-18)24-11-5-3-4-6-12-24;/h9-10,14,17H,3-8,11-13,15-16H2,1-2H3,(H,21,23);1H. The first kappa shape index (κ1) is 21.3. The summed E-state index contributed by atoms with van der Waals surface area (Å²) in [5.41, 5.74) is 1.21. The molecular formula is C20H34IN5. The summed E-state index contributed by atoms with van der Waals surface area (Å²) in [6.07, 6.45) is 9.88. The molecule has 1 aromatic heterocycles. The number of hydrogen-bond acceptors (Lipinski definition) is 3. The molecule has 146 valence electrons. The highest BCUT2D eigenvalue weighted by Gasteiger charge is 2.19. The zero-order valence-electron chi connectivity index (χ0n) is 16.3. The zero-order valence-corrected chi connectivity index (χ0v) is 18.6. The number of aromatic nitrogens is 1. The predicted octanol–water partition coefficient (Wildman–Crippen LogP) is 3.89. The summed E-state index contributed by atoms with van der Waals surface area (Å²) in [5.74, 6) is 2.89. The second-order valence-electron chi connectivity index (χ2n) is 7.52. The Kier molecular flexibility index (Phi) is 8.95. The van der Waals surface area contributed by atoms with Crippen molar-refractivity contribution in [1.82, 2.24) is 15.2 Å². The minimum atomic E-state index is 0. The van der Waals surface area contributed by atoms with Crippen molar-refractivity contribution in [3.63, 3.8) is 0 Å². The molecule has 0 radical (unpaired) electrons. The van der Waals surface area contributed by atoms with Gasteiger partial charge in [0, 0.05) is 46.0 Å². The predicted molar refractivity (Wildman–Crippen MR) is 121 cm³/mol. The van der Waals surface area contributed by atoms with Crippen molar-refractivity contribution < 1.29 is 0 Å². The van der Waals surface area contributed by atoms with Gasteiger partial charge < -0.3 is 15.1 Å². The van der Waals surface area contributed by atoms with Gasteiger partial charge in [-0.15, -0.1) is 24.0 Å². The van der Waals surface area contributed by atoms with Crippen LogP contribution in [0.1, 0.15) is 51.0 Å². The van der Waals surface area contributed by atoms with Gasteiger partial charge in [-0.25, -0.2) is 4.98 Å². The number of halogens is 1. The molecule has 3 heterocycles. The van der Waals surface area contributed by atoms with Crippen LogP contribution in [0, 0.1) is 5.92 Å². The van der Waals surface area contributed by atoms with E-state index in [0.29, 0.717) is 0 Å². The number of anilines is 1. The lowest BCUT2D eigenvalue weighted by Crippen LogP contribution is -2.45. The van der Waals surface area contributed by atoms with Crippen molar-refractivity contribution in [2.24, 2.45) is 10.9 Å². The molecule has 0 aromatic carbocycles. The zero-order chi connectivity index (χ0) is 17.5. The summed E-state index contributed by atoms with van der Waals surface area (Å²) >= 11 is 0. The molecule has 1 N–H and O–H groups in total. The van der Waals surface area contributed by atoms with Gasteiger partial charge >= 0.3 is 0 Å². The van der Waals surface area contributed by atoms with Crippen LogP contribution in [0.25, 0.3) is 0 Å². The van der Waals surface area contributed by atoms with E-state index >= 15 is 0 Å². The van der Waals surface area contributed by atoms with Crippen molar-refractivity contribution >= 4 is 35.8 Å². The van der Waals surface area contributed by atoms with E-state index in [-0.39, 0.29) is 24.0 Å². The van der Waals surface area contributed by atoms with Gasteiger partial charge in [-0.3, -0.25) is 4.99 Å². The van der Waals surface area contributed by atoms with Gasteiger partial charge in [0.05, 0.1) is 0 Å². The number of guanidine groups is 1. The van der Waals surface area contributed by atoms with Crippen LogP contribution in [-0.4, -0.2) is 49.1 Å². The van der Waals surface area contributed by atoms with Gasteiger partial charge in [-0.05, 0) is 43.2 Å². The SMILES string of the molecule is CN=C(NCc1ccc(N2CCCCCC2)nc1)N1CCCC(C)C1.I. The van der Waals surface area contributed by atoms with E-state index in [1.165, 1.54) is 44.1 Å². The third-order valence-corrected chi connectivity index (χ3v) is 5.36. The first-order chi connectivity index (χ1) is 12.3. The Morgan fingerprint density at radius 1 is 1.15 bits per heavy atom. The van der Waals surface area contributed by atoms with Crippen LogP contribution in [-0.2, 0) is 6.54 Å². The van der Waals surface area contributed by atoms with Gasteiger partial charge in [0.2, 0.25) is 0 Å². The second-order valence-corrected chi connectivity index (χ2v) is 7.52. The lowest BCUT2D eigenvalue weighted by atomic mass is 10.0. The second kappa shape index (κ2) is 10.9. The minimum Gasteiger partial charge on any atom is -0.357 e. The van der Waals surface area contributed by atoms with Gasteiger partial charge in [0.25, 0.3) is 0 Å². The number of rotatable bonds is 3. The van der Waals surface area contributed by atoms with Crippen molar-refractivity contribution in [3.8, 4) is 0 Å². The number of piperidine rings is 1. The summed E-state index contributed by atoms with van der Waals surface area (Å²) in [4.78, 5) is 14.0. The molecule has 26 heavy (non-hydrogen) atoms. The molecule has 0 saturated carbocycles. The van der Waals surface area contributed by atoms with Crippen LogP contribution in [0.5, 0.6) is 0 Å². The third-order valence-electron chi connectivity index (χ3n) is 5.36. The van der Waals surface area contributed by atoms with Crippen LogP contribution in [0.15, 0.2) is 23.3 Å². The Morgan fingerprint density at radius 2 is 1.92 bits per heavy atom. The molecule has 2 saturated heterocycles. The Labute approximate surface area is 175 Å². The first-order valence-electron chi connectivity index (χ1n) is 9.92. The number of hydrogen-bond donors (Lipinski definition) is 1. The van der Waals surface area contributed by atoms with Crippen LogP contribution >= 0.6 is 24.0 Å². The Balaban J connectivity index is 0.00000243. The third kappa shape index (κ3) is 5.99. The van der Waals surface area contributed by atoms with Crippen LogP contribution in [0.3, 0.4) is 0 Å². The molecule has 2 aliphatic heterocycles. The number of pyridine rings is 1. The molecule has 6 heteroatoms. The molecule has 2 fully saturated rings. The Hall–Kier alpha value is -1.05. The molecule has 0 bridgehead atoms. The molecule has 1 unspecified atom stereocenters. The fourth-order valence-electron chi connectivity index (χ4n) is 3.90. The number of nitrogens with zero attached hydrogens (tertiary/aromatic N) is 4. The van der Waals surface area contributed by atoms with Gasteiger partial charge in [-0.1, -0.05) is 25.8 Å². The number of likely N-dealkylation sites (tertiary alicyclic amines) is 1. The van der Waals surface area contributed by atoms with E-state index in [1.807, 2.05) is 13.2 Å². The quantitative estimate of drug-likeness (QED) is 0.413. The topological polar surface area (TPSA) is 43.8 Å². The molecule has 0 aliphatic carbocycles. The average Bonchev–Trinajstić information content (AvgIpc) is 2.92. The number of nitrogens with one attached hydrogen (secondary N) is 1. The van der Waals surface area contributed by atoms with E-state index in [9.17, 15) is 0 Å². The van der Waals surface area contributed by atoms with E-state index in [1.54, 1.807) is 0 Å². The van der Waals surface area contributed by atoms with Gasteiger partial charge in [-0.2, -0.15) is 0 Å². The van der Waals surface area contributed by atoms with Crippen molar-refractivity contribution in [2.75, 3.05) is 38.1 Å². The van der Waals surface area contributed by atoms with E-state index < -0.39 is 0 Å². The fraction of sp³-hybridized carbons (Fsp3) is 0.700. The first-order valence-corrected chi connectivity index (χ1v) is 9.92. The average molecular weight is 471 g/mol. The molecule has 0 amide bonds. The number of aliphatic imine (C=N–C) groups is 1. The monoisotopic (exact) mass is 471 g/mol. The smallest absolute Gasteiger partial charge is 0.193 e. The normalized spacial score (nSPS) is 21.8. The van der Waals surface area contributed by atoms with Crippen LogP contribution < -0.4 is 10.2 Å². The molecule has 0 spiro atoms. The largest absolute Gasteiger partial charge is 0.357 e. The van der Waals surface area contributed by atoms with E-state index in [2.05, 4.69) is 39.2 Å². The fourth-order valence-corrected chi connectivity index (χ4v) is 3.90. The molecule has 3 rings (SSSR count). The molecular weight excluding hydrogens is 437 g/mol. The summed E-state index contributed by atoms with van der Waals surface area (Å²) < 4.78 is 0. The summed E-state index contributed by atoms with van der Waals surface area (Å²) in [6.45, 7) is 7.60. The van der Waals surface area contributed by atoms with E-state index in [4.69, 9.17) is 4.98 Å². The minimum absolute atomic E-state index is 0. The maximum absolute atomic E-state index is 4.70. The summed E-state index contributed by atoms with van der Waals surface area (Å²) in [5, 5.41) is 3.51. The van der Waals surface area contributed by atoms with Gasteiger partial charge in [0.1, 0.15) is 5.82 Å². The highest BCUT2D eigenvalue weighted by atomic mass is 127. The van der Waals surface area contributed by atoms with Gasteiger partial charge in [0.15, 0.2) is 5.96 Å². The summed E-state index contributed by atoms with van der Waals surface area (Å²) in [7, 11) is 1.88. The lowest BCUT2D eigenvalue weighted by Gasteiger charge is -2.33. The highest BCUT2D eigenvalue weighted by Crippen LogP contribution is 2.18. The molecule has 2 aliphatic rings. The van der Waals surface area contributed by atoms with Crippen molar-refractivity contribution in [2.45, 2.75) is 52.0 Å².